The molecule has 0 radical (unpaired) electrons. The van der Waals surface area contributed by atoms with E-state index in [-0.39, 0.29) is 6.10 Å². The molecule has 134 valence electrons. The maximum Gasteiger partial charge on any atom is 0.230 e. The third kappa shape index (κ3) is 5.58. The molecule has 0 bridgehead atoms. The van der Waals surface area contributed by atoms with Crippen molar-refractivity contribution < 1.29 is 14.2 Å². The van der Waals surface area contributed by atoms with E-state index in [1.54, 1.807) is 7.11 Å². The van der Waals surface area contributed by atoms with Gasteiger partial charge in [0.1, 0.15) is 19.0 Å². The van der Waals surface area contributed by atoms with Crippen LogP contribution in [0.5, 0.6) is 5.88 Å². The van der Waals surface area contributed by atoms with Crippen LogP contribution in [0.25, 0.3) is 11.0 Å². The average molecular weight is 415 g/mol. The van der Waals surface area contributed by atoms with Gasteiger partial charge in [-0.15, -0.1) is 0 Å². The summed E-state index contributed by atoms with van der Waals surface area (Å²) in [5.74, 6) is 0.577. The number of hydrogen-bond donors (Lipinski definition) is 0. The van der Waals surface area contributed by atoms with Crippen LogP contribution < -0.4 is 4.74 Å². The molecule has 2 aromatic rings. The molecule has 1 unspecified atom stereocenters. The molecule has 0 aliphatic heterocycles. The van der Waals surface area contributed by atoms with Gasteiger partial charge in [-0.3, -0.25) is 0 Å². The van der Waals surface area contributed by atoms with Gasteiger partial charge in [-0.1, -0.05) is 19.6 Å². The second-order valence-corrected chi connectivity index (χ2v) is 13.7. The summed E-state index contributed by atoms with van der Waals surface area (Å²) in [5, 5.41) is 1.06. The smallest absolute Gasteiger partial charge is 0.230 e. The lowest BCUT2D eigenvalue weighted by molar-refractivity contribution is 0.0695. The minimum atomic E-state index is -1.06. The number of halogens is 1. The van der Waals surface area contributed by atoms with Crippen LogP contribution in [0.3, 0.4) is 0 Å². The van der Waals surface area contributed by atoms with Crippen molar-refractivity contribution in [2.75, 3.05) is 20.3 Å². The number of rotatable bonds is 9. The van der Waals surface area contributed by atoms with Crippen LogP contribution in [0.4, 0.5) is 0 Å². The Morgan fingerprint density at radius 1 is 1.33 bits per heavy atom. The predicted octanol–water partition coefficient (Wildman–Crippen LogP) is 4.52. The fraction of sp³-hybridized carbons (Fsp3) is 0.588. The highest BCUT2D eigenvalue weighted by Gasteiger charge is 2.13. The zero-order chi connectivity index (χ0) is 17.7. The average Bonchev–Trinajstić information content (AvgIpc) is 2.89. The number of aromatic nitrogens is 2. The molecule has 0 saturated carbocycles. The van der Waals surface area contributed by atoms with Gasteiger partial charge >= 0.3 is 0 Å². The van der Waals surface area contributed by atoms with Crippen LogP contribution in [0.2, 0.25) is 25.7 Å². The van der Waals surface area contributed by atoms with Gasteiger partial charge in [-0.05, 0) is 41.0 Å². The van der Waals surface area contributed by atoms with Crippen LogP contribution in [-0.2, 0) is 16.2 Å². The maximum atomic E-state index is 5.83. The first-order valence-corrected chi connectivity index (χ1v) is 12.7. The number of fused-ring (bicyclic) bond motifs is 1. The molecule has 0 N–H and O–H groups in total. The molecule has 0 fully saturated rings. The Labute approximate surface area is 153 Å². The number of pyridine rings is 1. The molecular weight excluding hydrogens is 388 g/mol. The first-order chi connectivity index (χ1) is 11.3. The number of nitrogens with zero attached hydrogens (tertiary/aromatic N) is 2. The fourth-order valence-corrected chi connectivity index (χ4v) is 3.29. The van der Waals surface area contributed by atoms with Crippen molar-refractivity contribution in [1.29, 1.82) is 0 Å². The van der Waals surface area contributed by atoms with E-state index in [0.717, 1.165) is 28.2 Å². The highest BCUT2D eigenvalue weighted by molar-refractivity contribution is 9.10. The quantitative estimate of drug-likeness (QED) is 0.446. The van der Waals surface area contributed by atoms with E-state index in [4.69, 9.17) is 14.2 Å². The van der Waals surface area contributed by atoms with Crippen molar-refractivity contribution in [2.24, 2.45) is 0 Å². The summed E-state index contributed by atoms with van der Waals surface area (Å²) in [6.07, 6.45) is 2.02. The third-order valence-corrected chi connectivity index (χ3v) is 6.01. The monoisotopic (exact) mass is 414 g/mol. The molecule has 5 nitrogen and oxygen atoms in total. The molecule has 0 amide bonds. The van der Waals surface area contributed by atoms with E-state index in [0.29, 0.717) is 19.2 Å². The lowest BCUT2D eigenvalue weighted by Crippen LogP contribution is -2.22. The summed E-state index contributed by atoms with van der Waals surface area (Å²) in [6, 6.07) is 5.22. The number of hydrogen-bond acceptors (Lipinski definition) is 4. The summed E-state index contributed by atoms with van der Waals surface area (Å²) < 4.78 is 19.7. The second-order valence-electron chi connectivity index (χ2n) is 7.18. The lowest BCUT2D eigenvalue weighted by atomic mass is 10.3. The van der Waals surface area contributed by atoms with Crippen LogP contribution in [0, 0.1) is 0 Å². The van der Waals surface area contributed by atoms with E-state index < -0.39 is 8.07 Å². The molecule has 0 aromatic carbocycles. The van der Waals surface area contributed by atoms with Gasteiger partial charge in [0.15, 0.2) is 0 Å². The zero-order valence-electron chi connectivity index (χ0n) is 15.1. The normalized spacial score (nSPS) is 13.4. The van der Waals surface area contributed by atoms with Crippen molar-refractivity contribution in [3.05, 3.63) is 22.8 Å². The van der Waals surface area contributed by atoms with Gasteiger partial charge in [0.05, 0.1) is 10.6 Å². The summed E-state index contributed by atoms with van der Waals surface area (Å²) in [4.78, 5) is 4.64. The Morgan fingerprint density at radius 3 is 2.75 bits per heavy atom. The van der Waals surface area contributed by atoms with Crippen molar-refractivity contribution in [1.82, 2.24) is 9.55 Å². The first kappa shape index (κ1) is 19.4. The molecule has 1 atom stereocenters. The van der Waals surface area contributed by atoms with Crippen molar-refractivity contribution in [3.8, 4) is 5.88 Å². The molecule has 2 rings (SSSR count). The van der Waals surface area contributed by atoms with Gasteiger partial charge in [0.2, 0.25) is 5.88 Å². The zero-order valence-corrected chi connectivity index (χ0v) is 17.7. The largest absolute Gasteiger partial charge is 0.474 e. The van der Waals surface area contributed by atoms with E-state index >= 15 is 0 Å². The standard InChI is InChI=1S/C17H27BrN2O3Si/c1-13(21-2)11-23-17-15(18)10-14-6-7-20(16(14)19-17)12-22-8-9-24(3,4)5/h6-7,10,13H,8-9,11-12H2,1-5H3. The SMILES string of the molecule is COC(C)COc1nc2c(ccn2COCC[Si](C)(C)C)cc1Br. The van der Waals surface area contributed by atoms with Crippen molar-refractivity contribution in [2.45, 2.75) is 45.4 Å². The van der Waals surface area contributed by atoms with E-state index in [9.17, 15) is 0 Å². The minimum Gasteiger partial charge on any atom is -0.474 e. The highest BCUT2D eigenvalue weighted by Crippen LogP contribution is 2.28. The molecular formula is C17H27BrN2O3Si. The third-order valence-electron chi connectivity index (χ3n) is 3.74. The number of methoxy groups -OCH3 is 1. The first-order valence-electron chi connectivity index (χ1n) is 8.19. The van der Waals surface area contributed by atoms with E-state index in [1.807, 2.05) is 29.8 Å². The van der Waals surface area contributed by atoms with Gasteiger partial charge in [0, 0.05) is 33.4 Å². The Kier molecular flexibility index (Phi) is 6.85. The van der Waals surface area contributed by atoms with Crippen LogP contribution in [0.15, 0.2) is 22.8 Å². The van der Waals surface area contributed by atoms with Crippen LogP contribution >= 0.6 is 15.9 Å². The molecule has 0 saturated heterocycles. The molecule has 2 aromatic heterocycles. The van der Waals surface area contributed by atoms with Gasteiger partial charge in [-0.2, -0.15) is 4.98 Å². The Bertz CT molecular complexity index is 670. The van der Waals surface area contributed by atoms with Crippen LogP contribution in [0.1, 0.15) is 6.92 Å². The Morgan fingerprint density at radius 2 is 2.08 bits per heavy atom. The molecule has 2 heterocycles. The summed E-state index contributed by atoms with van der Waals surface area (Å²) in [5.41, 5.74) is 0.867. The topological polar surface area (TPSA) is 45.5 Å². The fourth-order valence-electron chi connectivity index (χ4n) is 2.08. The highest BCUT2D eigenvalue weighted by atomic mass is 79.9. The molecule has 24 heavy (non-hydrogen) atoms. The van der Waals surface area contributed by atoms with E-state index in [2.05, 4.69) is 40.6 Å². The molecule has 0 aliphatic rings. The predicted molar refractivity (Wildman–Crippen MR) is 104 cm³/mol. The van der Waals surface area contributed by atoms with Crippen molar-refractivity contribution in [3.63, 3.8) is 0 Å². The molecule has 0 spiro atoms. The Balaban J connectivity index is 2.06. The van der Waals surface area contributed by atoms with E-state index in [1.165, 1.54) is 0 Å². The van der Waals surface area contributed by atoms with Crippen molar-refractivity contribution >= 4 is 35.0 Å². The molecule has 0 aliphatic carbocycles. The van der Waals surface area contributed by atoms with Gasteiger partial charge < -0.3 is 18.8 Å². The summed E-state index contributed by atoms with van der Waals surface area (Å²) >= 11 is 3.52. The maximum absolute atomic E-state index is 5.83. The number of ether oxygens (including phenoxy) is 3. The van der Waals surface area contributed by atoms with Gasteiger partial charge in [-0.25, -0.2) is 0 Å². The van der Waals surface area contributed by atoms with Gasteiger partial charge in [0.25, 0.3) is 0 Å². The Hall–Kier alpha value is -0.893. The lowest BCUT2D eigenvalue weighted by Gasteiger charge is -2.16. The summed E-state index contributed by atoms with van der Waals surface area (Å²) in [7, 11) is 0.607. The second kappa shape index (κ2) is 8.47. The minimum absolute atomic E-state index is 0.0195. The summed E-state index contributed by atoms with van der Waals surface area (Å²) in [6.45, 7) is 10.8. The molecule has 7 heteroatoms. The van der Waals surface area contributed by atoms with Crippen LogP contribution in [-0.4, -0.2) is 44.1 Å².